The molecule has 0 atom stereocenters. The number of terminal acetylenes is 1. The average molecular weight is 1810 g/mol. The van der Waals surface area contributed by atoms with E-state index in [1.165, 1.54) is 27.5 Å². The second-order valence-corrected chi connectivity index (χ2v) is 39.1. The molecule has 0 unspecified atom stereocenters. The fraction of sp³-hybridized carbons (Fsp3) is 0.127. The first-order chi connectivity index (χ1) is 75.3. The molecule has 0 amide bonds. The second-order valence-electron chi connectivity index (χ2n) is 39.1. The molecule has 674 valence electrons. The number of rotatable bonds is 11. The molecule has 0 saturated heterocycles. The van der Waals surface area contributed by atoms with Crippen molar-refractivity contribution < 1.29 is 26.0 Å². The van der Waals surface area contributed by atoms with Crippen LogP contribution in [-0.2, 0) is 21.7 Å². The summed E-state index contributed by atoms with van der Waals surface area (Å²) in [5, 5.41) is 16.6. The van der Waals surface area contributed by atoms with Gasteiger partial charge in [0.2, 0.25) is 0 Å². The summed E-state index contributed by atoms with van der Waals surface area (Å²) in [5.74, 6) is 2.67. The summed E-state index contributed by atoms with van der Waals surface area (Å²) < 4.78 is 172. The van der Waals surface area contributed by atoms with E-state index in [0.29, 0.717) is 33.2 Å². The van der Waals surface area contributed by atoms with Gasteiger partial charge in [0.15, 0.2) is 0 Å². The number of benzene rings is 19. The standard InChI is InChI=1S/C40H32N2.C35H31N.C34H29N.C25H21N/c1-40(2,3)39-36(42-32-22-12-10-19-30(32)31-20-11-13-23-33(31)42)26-25-35-38(39)37-29(27-15-6-4-7-16-27)21-14-24-34(37)41(35)28-17-8-5-9-18-28;1-24-18-20-26(21-19-24)29-22-23-31-33(34(29)35(2,3)4)32-28(25-12-7-5-8-13-25)16-11-17-30(32)36(31)27-14-9-6-10-15-27;1-34(2,3)33-28(25-16-9-5-10-17-25)22-23-30-32(33)31-27(24-14-7-4-8-15-24)20-13-21-29(31)35(30)26-18-11-6-12-19-26;1-5-18-9-13-20(14-10-18)22-7-6-8-23(24(22)25(2,3)4)21-15-11-19(17-26)12-16-21/h4-26H,1-3H3;5-23H,1-4H3;4-23H,1-3H3;1,6-16H,2-4H3/i4D,6D,7D,15D,16D;5D,7D,8D,12D,13D,18D,19D,20D,21D;4D,7D,8D,14D,15D;. The third-order valence-electron chi connectivity index (χ3n) is 25.9. The first-order valence-corrected chi connectivity index (χ1v) is 46.8. The fourth-order valence-corrected chi connectivity index (χ4v) is 20.4. The summed E-state index contributed by atoms with van der Waals surface area (Å²) in [6.07, 6.45) is 5.49. The number of hydrogen-bond donors (Lipinski definition) is 0. The number of nitrogens with zero attached hydrogens (tertiary/aromatic N) is 5. The Morgan fingerprint density at radius 1 is 0.230 bits per heavy atom. The minimum absolute atomic E-state index is 0.0371. The van der Waals surface area contributed by atoms with Crippen LogP contribution in [0, 0.1) is 30.6 Å². The van der Waals surface area contributed by atoms with Crippen LogP contribution in [0.15, 0.2) is 442 Å². The lowest BCUT2D eigenvalue weighted by Gasteiger charge is -2.27. The van der Waals surface area contributed by atoms with Crippen molar-refractivity contribution >= 4 is 87.2 Å². The summed E-state index contributed by atoms with van der Waals surface area (Å²) in [4.78, 5) is 0. The lowest BCUT2D eigenvalue weighted by molar-refractivity contribution is 0.593. The van der Waals surface area contributed by atoms with Gasteiger partial charge in [-0.05, 0) is 244 Å². The smallest absolute Gasteiger partial charge is 0.0991 e. The van der Waals surface area contributed by atoms with Gasteiger partial charge in [-0.3, -0.25) is 0 Å². The highest BCUT2D eigenvalue weighted by atomic mass is 15.0. The number of hydrogen-bond acceptors (Lipinski definition) is 1. The van der Waals surface area contributed by atoms with Crippen LogP contribution in [0.2, 0.25) is 0 Å². The van der Waals surface area contributed by atoms with Crippen molar-refractivity contribution in [3.05, 3.63) is 481 Å². The SMILES string of the molecule is C#Cc1ccc(-c2cccc(-c3ccc(C#N)cc3)c2C(C)(C)C)cc1.[2H]c1c([2H])c([2H])c(-c2cccc3c2c2c(C(C)(C)C)c(-c4c([2H])c([2H])c(C)c([2H])c4[2H])ccc2n3-c2ccccc2)c([2H])c1[2H].[2H]c1c([2H])c([2H])c(-c2cccc3c2c2c(C(C)(C)C)c(-c4ccccc4)ccc2n3-c2ccccc2)c([2H])c1[2H].[2H]c1c([2H])c([2H])c(-c2cccc3c2c2c(C(C)(C)C)c(-n4c5ccccc5c5ccccc54)ccc2n3-c2ccccc2)c([2H])c1[2H]. The lowest BCUT2D eigenvalue weighted by atomic mass is 9.77. The Morgan fingerprint density at radius 3 is 0.885 bits per heavy atom. The van der Waals surface area contributed by atoms with Gasteiger partial charge in [-0.1, -0.05) is 422 Å². The van der Waals surface area contributed by atoms with Crippen LogP contribution in [0.1, 0.15) is 148 Å². The average Bonchev–Trinajstić information content (AvgIpc) is 1.55. The molecule has 4 aromatic heterocycles. The molecule has 0 aliphatic rings. The zero-order valence-corrected chi connectivity index (χ0v) is 80.0. The van der Waals surface area contributed by atoms with Crippen LogP contribution in [0.3, 0.4) is 0 Å². The Labute approximate surface area is 844 Å². The zero-order chi connectivity index (χ0) is 113. The molecule has 23 aromatic rings. The first-order valence-electron chi connectivity index (χ1n) is 56.3. The third-order valence-corrected chi connectivity index (χ3v) is 25.9. The molecular formula is C134H113N5. The van der Waals surface area contributed by atoms with E-state index in [0.717, 1.165) is 138 Å². The van der Waals surface area contributed by atoms with Crippen molar-refractivity contribution in [3.63, 3.8) is 0 Å². The van der Waals surface area contributed by atoms with Crippen molar-refractivity contribution in [2.24, 2.45) is 0 Å². The van der Waals surface area contributed by atoms with Crippen LogP contribution < -0.4 is 0 Å². The highest BCUT2D eigenvalue weighted by molar-refractivity contribution is 6.22. The van der Waals surface area contributed by atoms with E-state index in [9.17, 15) is 0 Å². The summed E-state index contributed by atoms with van der Waals surface area (Å²) in [7, 11) is 0. The van der Waals surface area contributed by atoms with Gasteiger partial charge < -0.3 is 18.3 Å². The lowest BCUT2D eigenvalue weighted by Crippen LogP contribution is -2.16. The molecule has 5 heteroatoms. The van der Waals surface area contributed by atoms with Crippen LogP contribution in [0.4, 0.5) is 0 Å². The topological polar surface area (TPSA) is 43.5 Å². The largest absolute Gasteiger partial charge is 0.309 e. The fourth-order valence-electron chi connectivity index (χ4n) is 20.4. The monoisotopic (exact) mass is 1810 g/mol. The van der Waals surface area contributed by atoms with Crippen LogP contribution in [0.5, 0.6) is 0 Å². The molecule has 0 spiro atoms. The Kier molecular flexibility index (Phi) is 18.8. The number of aromatic nitrogens is 4. The molecule has 0 bridgehead atoms. The summed E-state index contributed by atoms with van der Waals surface area (Å²) >= 11 is 0. The van der Waals surface area contributed by atoms with E-state index in [1.807, 2.05) is 191 Å². The molecule has 0 aliphatic heterocycles. The van der Waals surface area contributed by atoms with E-state index in [2.05, 4.69) is 244 Å². The molecule has 0 aliphatic carbocycles. The van der Waals surface area contributed by atoms with Gasteiger partial charge in [0.1, 0.15) is 0 Å². The number of fused-ring (bicyclic) bond motifs is 12. The predicted molar refractivity (Wildman–Crippen MR) is 593 cm³/mol. The van der Waals surface area contributed by atoms with Gasteiger partial charge in [-0.25, -0.2) is 0 Å². The molecule has 0 radical (unpaired) electrons. The second kappa shape index (κ2) is 37.3. The van der Waals surface area contributed by atoms with Gasteiger partial charge in [0, 0.05) is 65.7 Å². The minimum atomic E-state index is -0.592. The Morgan fingerprint density at radius 2 is 0.518 bits per heavy atom. The van der Waals surface area contributed by atoms with Crippen LogP contribution in [0.25, 0.3) is 188 Å². The zero-order valence-electron chi connectivity index (χ0n) is 99.0. The highest BCUT2D eigenvalue weighted by Gasteiger charge is 2.34. The van der Waals surface area contributed by atoms with E-state index in [4.69, 9.17) is 37.7 Å². The molecule has 23 rings (SSSR count). The van der Waals surface area contributed by atoms with E-state index in [1.54, 1.807) is 13.0 Å². The summed E-state index contributed by atoms with van der Waals surface area (Å²) in [5.41, 5.74) is 26.2. The van der Waals surface area contributed by atoms with Crippen molar-refractivity contribution in [2.75, 3.05) is 0 Å². The quantitative estimate of drug-likeness (QED) is 0.119. The molecule has 4 heterocycles. The maximum Gasteiger partial charge on any atom is 0.0991 e. The van der Waals surface area contributed by atoms with Gasteiger partial charge >= 0.3 is 0 Å². The minimum Gasteiger partial charge on any atom is -0.309 e. The predicted octanol–water partition coefficient (Wildman–Crippen LogP) is 36.2. The Balaban J connectivity index is 0.000000128. The van der Waals surface area contributed by atoms with Gasteiger partial charge in [0.25, 0.3) is 0 Å². The van der Waals surface area contributed by atoms with Crippen molar-refractivity contribution in [1.82, 2.24) is 18.3 Å². The van der Waals surface area contributed by atoms with Crippen LogP contribution >= 0.6 is 0 Å². The van der Waals surface area contributed by atoms with Gasteiger partial charge in [0.05, 0.1) is 87.5 Å². The summed E-state index contributed by atoms with van der Waals surface area (Å²) in [6.45, 7) is 27.6. The van der Waals surface area contributed by atoms with Gasteiger partial charge in [-0.2, -0.15) is 5.26 Å². The molecule has 5 nitrogen and oxygen atoms in total. The van der Waals surface area contributed by atoms with E-state index < -0.39 is 29.6 Å². The summed E-state index contributed by atoms with van der Waals surface area (Å²) in [6, 6.07) is 106. The van der Waals surface area contributed by atoms with E-state index in [-0.39, 0.29) is 135 Å². The molecule has 0 saturated carbocycles. The molecular weight excluding hydrogens is 1680 g/mol. The molecule has 0 fully saturated rings. The van der Waals surface area contributed by atoms with Crippen molar-refractivity contribution in [3.8, 4) is 119 Å². The number of nitriles is 1. The van der Waals surface area contributed by atoms with Crippen LogP contribution in [-0.4, -0.2) is 18.3 Å². The third kappa shape index (κ3) is 17.1. The molecule has 0 N–H and O–H groups in total. The first kappa shape index (κ1) is 70.1. The normalized spacial score (nSPS) is 13.7. The maximum atomic E-state index is 9.05. The maximum absolute atomic E-state index is 9.05. The Hall–Kier alpha value is -16.6. The van der Waals surface area contributed by atoms with E-state index >= 15 is 0 Å². The van der Waals surface area contributed by atoms with Crippen molar-refractivity contribution in [2.45, 2.75) is 112 Å². The molecule has 19 aromatic carbocycles. The Bertz CT molecular complexity index is 9630. The molecule has 139 heavy (non-hydrogen) atoms. The van der Waals surface area contributed by atoms with Gasteiger partial charge in [-0.15, -0.1) is 6.42 Å². The highest BCUT2D eigenvalue weighted by Crippen LogP contribution is 2.52. The number of para-hydroxylation sites is 5. The van der Waals surface area contributed by atoms with Crippen molar-refractivity contribution in [1.29, 1.82) is 5.26 Å².